The summed E-state index contributed by atoms with van der Waals surface area (Å²) < 4.78 is 0. The van der Waals surface area contributed by atoms with Gasteiger partial charge in [-0.05, 0) is 50.4 Å². The summed E-state index contributed by atoms with van der Waals surface area (Å²) in [6, 6.07) is 1.67. The first-order valence-electron chi connectivity index (χ1n) is 7.01. The second-order valence-electron chi connectivity index (χ2n) is 5.99. The number of nitrogens with one attached hydrogen (secondary N) is 1. The molecule has 15 heavy (non-hydrogen) atoms. The molecule has 2 fully saturated rings. The summed E-state index contributed by atoms with van der Waals surface area (Å²) in [6.07, 6.45) is 11.5. The average molecular weight is 209 g/mol. The fraction of sp³-hybridized carbons (Fsp3) is 1.00. The lowest BCUT2D eigenvalue weighted by atomic mass is 9.83. The zero-order valence-corrected chi connectivity index (χ0v) is 10.5. The minimum Gasteiger partial charge on any atom is -0.311 e. The van der Waals surface area contributed by atoms with E-state index in [1.165, 1.54) is 51.4 Å². The molecule has 2 unspecified atom stereocenters. The standard InChI is InChI=1S/C14H27N/c1-11-7-9-13(10-8-11)15-14-6-4-3-5-12(14)2/h11-15H,3-10H2,1-2H3. The van der Waals surface area contributed by atoms with Crippen molar-refractivity contribution in [3.63, 3.8) is 0 Å². The van der Waals surface area contributed by atoms with Gasteiger partial charge in [0.2, 0.25) is 0 Å². The zero-order chi connectivity index (χ0) is 10.7. The summed E-state index contributed by atoms with van der Waals surface area (Å²) in [6.45, 7) is 4.84. The van der Waals surface area contributed by atoms with E-state index in [9.17, 15) is 0 Å². The quantitative estimate of drug-likeness (QED) is 0.730. The van der Waals surface area contributed by atoms with Crippen molar-refractivity contribution in [1.82, 2.24) is 5.32 Å². The van der Waals surface area contributed by atoms with Gasteiger partial charge >= 0.3 is 0 Å². The molecule has 0 aromatic rings. The van der Waals surface area contributed by atoms with Crippen molar-refractivity contribution in [2.45, 2.75) is 77.3 Å². The minimum atomic E-state index is 0.831. The SMILES string of the molecule is CC1CCC(NC2CCCCC2C)CC1. The van der Waals surface area contributed by atoms with E-state index in [0.717, 1.165) is 23.9 Å². The summed E-state index contributed by atoms with van der Waals surface area (Å²) >= 11 is 0. The fourth-order valence-electron chi connectivity index (χ4n) is 3.29. The van der Waals surface area contributed by atoms with Crippen molar-refractivity contribution in [3.8, 4) is 0 Å². The lowest BCUT2D eigenvalue weighted by Gasteiger charge is -2.36. The van der Waals surface area contributed by atoms with Crippen molar-refractivity contribution in [2.24, 2.45) is 11.8 Å². The molecule has 88 valence electrons. The lowest BCUT2D eigenvalue weighted by Crippen LogP contribution is -2.44. The van der Waals surface area contributed by atoms with E-state index < -0.39 is 0 Å². The monoisotopic (exact) mass is 209 g/mol. The Morgan fingerprint density at radius 1 is 0.800 bits per heavy atom. The smallest absolute Gasteiger partial charge is 0.00952 e. The molecule has 0 aromatic heterocycles. The maximum Gasteiger partial charge on any atom is 0.00952 e. The highest BCUT2D eigenvalue weighted by Gasteiger charge is 2.25. The van der Waals surface area contributed by atoms with Crippen molar-refractivity contribution >= 4 is 0 Å². The molecule has 1 N–H and O–H groups in total. The molecule has 2 rings (SSSR count). The van der Waals surface area contributed by atoms with Crippen molar-refractivity contribution in [3.05, 3.63) is 0 Å². The molecule has 0 heterocycles. The van der Waals surface area contributed by atoms with Gasteiger partial charge < -0.3 is 5.32 Å². The largest absolute Gasteiger partial charge is 0.311 e. The Bertz CT molecular complexity index is 182. The van der Waals surface area contributed by atoms with Crippen LogP contribution in [0, 0.1) is 11.8 Å². The summed E-state index contributed by atoms with van der Waals surface area (Å²) in [5, 5.41) is 3.93. The molecule has 1 nitrogen and oxygen atoms in total. The Morgan fingerprint density at radius 3 is 2.13 bits per heavy atom. The van der Waals surface area contributed by atoms with Crippen LogP contribution in [0.25, 0.3) is 0 Å². The van der Waals surface area contributed by atoms with Gasteiger partial charge in [-0.15, -0.1) is 0 Å². The predicted molar refractivity (Wildman–Crippen MR) is 66.0 cm³/mol. The number of rotatable bonds is 2. The van der Waals surface area contributed by atoms with E-state index in [4.69, 9.17) is 0 Å². The van der Waals surface area contributed by atoms with Crippen molar-refractivity contribution < 1.29 is 0 Å². The molecular weight excluding hydrogens is 182 g/mol. The molecule has 2 aliphatic carbocycles. The van der Waals surface area contributed by atoms with Gasteiger partial charge in [-0.2, -0.15) is 0 Å². The van der Waals surface area contributed by atoms with Crippen LogP contribution in [-0.2, 0) is 0 Å². The van der Waals surface area contributed by atoms with Gasteiger partial charge in [0.15, 0.2) is 0 Å². The summed E-state index contributed by atoms with van der Waals surface area (Å²) in [5.41, 5.74) is 0. The summed E-state index contributed by atoms with van der Waals surface area (Å²) in [7, 11) is 0. The molecule has 0 bridgehead atoms. The molecule has 1 heteroatoms. The Morgan fingerprint density at radius 2 is 1.47 bits per heavy atom. The Balaban J connectivity index is 1.75. The van der Waals surface area contributed by atoms with E-state index in [-0.39, 0.29) is 0 Å². The van der Waals surface area contributed by atoms with Crippen LogP contribution in [0.4, 0.5) is 0 Å². The van der Waals surface area contributed by atoms with Gasteiger partial charge in [0.05, 0.1) is 0 Å². The molecule has 2 atom stereocenters. The first-order valence-corrected chi connectivity index (χ1v) is 7.01. The number of hydrogen-bond acceptors (Lipinski definition) is 1. The average Bonchev–Trinajstić information content (AvgIpc) is 2.25. The lowest BCUT2D eigenvalue weighted by molar-refractivity contribution is 0.220. The molecule has 0 radical (unpaired) electrons. The van der Waals surface area contributed by atoms with Crippen LogP contribution in [0.2, 0.25) is 0 Å². The molecular formula is C14H27N. The summed E-state index contributed by atoms with van der Waals surface area (Å²) in [5.74, 6) is 1.89. The third kappa shape index (κ3) is 3.21. The van der Waals surface area contributed by atoms with Crippen LogP contribution < -0.4 is 5.32 Å². The molecule has 0 amide bonds. The van der Waals surface area contributed by atoms with Gasteiger partial charge in [-0.1, -0.05) is 26.7 Å². The van der Waals surface area contributed by atoms with Gasteiger partial charge in [-0.25, -0.2) is 0 Å². The minimum absolute atomic E-state index is 0.831. The van der Waals surface area contributed by atoms with Gasteiger partial charge in [0.1, 0.15) is 0 Å². The maximum atomic E-state index is 3.93. The van der Waals surface area contributed by atoms with Gasteiger partial charge in [0, 0.05) is 12.1 Å². The second-order valence-corrected chi connectivity index (χ2v) is 5.99. The van der Waals surface area contributed by atoms with Crippen molar-refractivity contribution in [2.75, 3.05) is 0 Å². The van der Waals surface area contributed by atoms with Crippen LogP contribution >= 0.6 is 0 Å². The van der Waals surface area contributed by atoms with Crippen LogP contribution in [0.15, 0.2) is 0 Å². The Labute approximate surface area is 95.0 Å². The molecule has 0 spiro atoms. The third-order valence-electron chi connectivity index (χ3n) is 4.58. The van der Waals surface area contributed by atoms with E-state index in [0.29, 0.717) is 0 Å². The van der Waals surface area contributed by atoms with Gasteiger partial charge in [0.25, 0.3) is 0 Å². The molecule has 2 saturated carbocycles. The highest BCUT2D eigenvalue weighted by atomic mass is 15.0. The van der Waals surface area contributed by atoms with Crippen LogP contribution in [0.5, 0.6) is 0 Å². The van der Waals surface area contributed by atoms with Crippen LogP contribution in [0.1, 0.15) is 65.2 Å². The highest BCUT2D eigenvalue weighted by Crippen LogP contribution is 2.28. The zero-order valence-electron chi connectivity index (χ0n) is 10.5. The first kappa shape index (κ1) is 11.4. The van der Waals surface area contributed by atoms with Crippen molar-refractivity contribution in [1.29, 1.82) is 0 Å². The molecule has 2 aliphatic rings. The second kappa shape index (κ2) is 5.34. The van der Waals surface area contributed by atoms with E-state index in [2.05, 4.69) is 19.2 Å². The number of hydrogen-bond donors (Lipinski definition) is 1. The molecule has 0 aromatic carbocycles. The predicted octanol–water partition coefficient (Wildman–Crippen LogP) is 3.73. The first-order chi connectivity index (χ1) is 7.25. The van der Waals surface area contributed by atoms with Crippen LogP contribution in [-0.4, -0.2) is 12.1 Å². The maximum absolute atomic E-state index is 3.93. The van der Waals surface area contributed by atoms with Gasteiger partial charge in [-0.3, -0.25) is 0 Å². The Kier molecular flexibility index (Phi) is 4.07. The van der Waals surface area contributed by atoms with E-state index in [1.807, 2.05) is 0 Å². The fourth-order valence-corrected chi connectivity index (χ4v) is 3.29. The highest BCUT2D eigenvalue weighted by molar-refractivity contribution is 4.84. The topological polar surface area (TPSA) is 12.0 Å². The molecule has 0 saturated heterocycles. The Hall–Kier alpha value is -0.0400. The normalized spacial score (nSPS) is 42.8. The summed E-state index contributed by atoms with van der Waals surface area (Å²) in [4.78, 5) is 0. The van der Waals surface area contributed by atoms with E-state index >= 15 is 0 Å². The molecule has 0 aliphatic heterocycles. The third-order valence-corrected chi connectivity index (χ3v) is 4.58. The van der Waals surface area contributed by atoms with E-state index in [1.54, 1.807) is 0 Å². The van der Waals surface area contributed by atoms with Crippen LogP contribution in [0.3, 0.4) is 0 Å².